The summed E-state index contributed by atoms with van der Waals surface area (Å²) in [5.74, 6) is 0.0583. The standard InChI is InChI=1S/C24H22FNO/c1-16(2)23-21(8-5-15-27)22(18-9-11-19(25)12-10-18)24-20-7-4-3-6-17(20)13-14-26(23)24/h3-7,9-16,27H,8H2,1-2H3/b15-5+. The lowest BCUT2D eigenvalue weighted by molar-refractivity contribution is 0.471. The fraction of sp³-hybridized carbons (Fsp3) is 0.167. The van der Waals surface area contributed by atoms with Gasteiger partial charge in [-0.15, -0.1) is 0 Å². The molecule has 0 amide bonds. The van der Waals surface area contributed by atoms with Crippen LogP contribution in [0.25, 0.3) is 27.4 Å². The number of pyridine rings is 1. The zero-order chi connectivity index (χ0) is 19.0. The van der Waals surface area contributed by atoms with E-state index in [0.717, 1.165) is 22.9 Å². The average Bonchev–Trinajstić information content (AvgIpc) is 3.01. The molecule has 0 aliphatic heterocycles. The van der Waals surface area contributed by atoms with Gasteiger partial charge < -0.3 is 9.51 Å². The molecule has 4 rings (SSSR count). The molecule has 0 bridgehead atoms. The number of rotatable bonds is 4. The van der Waals surface area contributed by atoms with Crippen molar-refractivity contribution < 1.29 is 9.50 Å². The monoisotopic (exact) mass is 359 g/mol. The Bertz CT molecular complexity index is 1140. The number of hydrogen-bond acceptors (Lipinski definition) is 1. The Hall–Kier alpha value is -3.07. The van der Waals surface area contributed by atoms with Crippen LogP contribution in [0.15, 0.2) is 73.1 Å². The quantitative estimate of drug-likeness (QED) is 0.406. The van der Waals surface area contributed by atoms with Crippen molar-refractivity contribution in [2.24, 2.45) is 0 Å². The molecule has 0 unspecified atom stereocenters. The predicted octanol–water partition coefficient (Wildman–Crippen LogP) is 6.64. The number of hydrogen-bond donors (Lipinski definition) is 1. The van der Waals surface area contributed by atoms with Gasteiger partial charge in [0.1, 0.15) is 5.82 Å². The van der Waals surface area contributed by atoms with Gasteiger partial charge in [0.25, 0.3) is 0 Å². The number of allylic oxidation sites excluding steroid dienone is 1. The molecule has 0 atom stereocenters. The normalized spacial score (nSPS) is 12.0. The van der Waals surface area contributed by atoms with Crippen molar-refractivity contribution in [2.45, 2.75) is 26.2 Å². The Morgan fingerprint density at radius 1 is 1.04 bits per heavy atom. The average molecular weight is 359 g/mol. The molecule has 2 aromatic carbocycles. The minimum Gasteiger partial charge on any atom is -0.516 e. The molecule has 1 N–H and O–H groups in total. The second kappa shape index (κ2) is 6.92. The lowest BCUT2D eigenvalue weighted by Gasteiger charge is -2.10. The maximum absolute atomic E-state index is 13.6. The van der Waals surface area contributed by atoms with Gasteiger partial charge in [0.2, 0.25) is 0 Å². The highest BCUT2D eigenvalue weighted by atomic mass is 19.1. The van der Waals surface area contributed by atoms with E-state index in [1.54, 1.807) is 6.08 Å². The van der Waals surface area contributed by atoms with Crippen molar-refractivity contribution in [3.8, 4) is 11.1 Å². The van der Waals surface area contributed by atoms with E-state index >= 15 is 0 Å². The van der Waals surface area contributed by atoms with E-state index in [9.17, 15) is 9.50 Å². The van der Waals surface area contributed by atoms with Gasteiger partial charge in [-0.3, -0.25) is 0 Å². The number of aromatic nitrogens is 1. The molecule has 0 aliphatic carbocycles. The molecule has 0 fully saturated rings. The Morgan fingerprint density at radius 2 is 1.78 bits per heavy atom. The molecule has 3 heteroatoms. The molecule has 2 heterocycles. The second-order valence-electron chi connectivity index (χ2n) is 7.11. The van der Waals surface area contributed by atoms with Gasteiger partial charge in [0.15, 0.2) is 0 Å². The second-order valence-corrected chi connectivity index (χ2v) is 7.11. The highest BCUT2D eigenvalue weighted by Crippen LogP contribution is 2.40. The molecular weight excluding hydrogens is 337 g/mol. The molecule has 0 saturated heterocycles. The molecule has 0 spiro atoms. The topological polar surface area (TPSA) is 24.6 Å². The van der Waals surface area contributed by atoms with Crippen molar-refractivity contribution in [2.75, 3.05) is 0 Å². The Labute approximate surface area is 158 Å². The van der Waals surface area contributed by atoms with Crippen LogP contribution in [0.1, 0.15) is 31.0 Å². The van der Waals surface area contributed by atoms with Crippen LogP contribution in [-0.4, -0.2) is 9.51 Å². The largest absolute Gasteiger partial charge is 0.516 e. The summed E-state index contributed by atoms with van der Waals surface area (Å²) in [6, 6.07) is 17.1. The number of benzene rings is 2. The fourth-order valence-corrected chi connectivity index (χ4v) is 4.02. The first kappa shape index (κ1) is 17.3. The fourth-order valence-electron chi connectivity index (χ4n) is 4.02. The van der Waals surface area contributed by atoms with Crippen molar-refractivity contribution >= 4 is 16.3 Å². The third kappa shape index (κ3) is 2.89. The summed E-state index contributed by atoms with van der Waals surface area (Å²) in [4.78, 5) is 0. The lowest BCUT2D eigenvalue weighted by Crippen LogP contribution is -1.98. The number of aliphatic hydroxyl groups excluding tert-OH is 1. The summed E-state index contributed by atoms with van der Waals surface area (Å²) in [5, 5.41) is 11.6. The summed E-state index contributed by atoms with van der Waals surface area (Å²) in [6.45, 7) is 4.36. The summed E-state index contributed by atoms with van der Waals surface area (Å²) in [5.41, 5.74) is 5.60. The molecule has 2 aromatic heterocycles. The maximum Gasteiger partial charge on any atom is 0.123 e. The van der Waals surface area contributed by atoms with E-state index in [0.29, 0.717) is 12.3 Å². The van der Waals surface area contributed by atoms with Crippen LogP contribution in [0.5, 0.6) is 0 Å². The molecule has 0 aliphatic rings. The molecule has 0 radical (unpaired) electrons. The molecular formula is C24H22FNO. The van der Waals surface area contributed by atoms with Gasteiger partial charge in [0, 0.05) is 22.8 Å². The summed E-state index contributed by atoms with van der Waals surface area (Å²) < 4.78 is 15.8. The van der Waals surface area contributed by atoms with Crippen molar-refractivity contribution in [1.82, 2.24) is 4.40 Å². The zero-order valence-corrected chi connectivity index (χ0v) is 15.5. The van der Waals surface area contributed by atoms with E-state index in [4.69, 9.17) is 0 Å². The Morgan fingerprint density at radius 3 is 2.48 bits per heavy atom. The summed E-state index contributed by atoms with van der Waals surface area (Å²) >= 11 is 0. The van der Waals surface area contributed by atoms with E-state index in [2.05, 4.69) is 42.6 Å². The van der Waals surface area contributed by atoms with E-state index in [-0.39, 0.29) is 5.82 Å². The molecule has 27 heavy (non-hydrogen) atoms. The Kier molecular flexibility index (Phi) is 4.44. The number of nitrogens with zero attached hydrogens (tertiary/aromatic N) is 1. The number of halogens is 1. The van der Waals surface area contributed by atoms with Crippen molar-refractivity contribution in [3.05, 3.63) is 90.2 Å². The summed E-state index contributed by atoms with van der Waals surface area (Å²) in [6.07, 6.45) is 5.59. The van der Waals surface area contributed by atoms with Crippen molar-refractivity contribution in [3.63, 3.8) is 0 Å². The van der Waals surface area contributed by atoms with Gasteiger partial charge in [-0.2, -0.15) is 0 Å². The third-order valence-corrected chi connectivity index (χ3v) is 5.07. The van der Waals surface area contributed by atoms with Crippen LogP contribution in [-0.2, 0) is 6.42 Å². The van der Waals surface area contributed by atoms with Crippen LogP contribution < -0.4 is 0 Å². The molecule has 2 nitrogen and oxygen atoms in total. The van der Waals surface area contributed by atoms with Crippen LogP contribution in [0, 0.1) is 5.82 Å². The van der Waals surface area contributed by atoms with Crippen molar-refractivity contribution in [1.29, 1.82) is 0 Å². The Balaban J connectivity index is 2.19. The van der Waals surface area contributed by atoms with Crippen LogP contribution in [0.3, 0.4) is 0 Å². The van der Waals surface area contributed by atoms with Crippen LogP contribution in [0.4, 0.5) is 4.39 Å². The lowest BCUT2D eigenvalue weighted by atomic mass is 9.94. The van der Waals surface area contributed by atoms with E-state index in [1.165, 1.54) is 34.2 Å². The first-order chi connectivity index (χ1) is 13.1. The zero-order valence-electron chi connectivity index (χ0n) is 15.5. The molecule has 136 valence electrons. The van der Waals surface area contributed by atoms with Gasteiger partial charge in [0.05, 0.1) is 11.8 Å². The maximum atomic E-state index is 13.6. The van der Waals surface area contributed by atoms with E-state index in [1.807, 2.05) is 24.3 Å². The number of fused-ring (bicyclic) bond motifs is 3. The first-order valence-corrected chi connectivity index (χ1v) is 9.21. The SMILES string of the molecule is CC(C)c1c(C/C=C/O)c(-c2ccc(F)cc2)c2c3ccccc3ccn12. The smallest absolute Gasteiger partial charge is 0.123 e. The van der Waals surface area contributed by atoms with Gasteiger partial charge >= 0.3 is 0 Å². The predicted molar refractivity (Wildman–Crippen MR) is 110 cm³/mol. The van der Waals surface area contributed by atoms with Gasteiger partial charge in [-0.05, 0) is 53.1 Å². The minimum absolute atomic E-state index is 0.243. The van der Waals surface area contributed by atoms with Crippen LogP contribution in [0.2, 0.25) is 0 Å². The first-order valence-electron chi connectivity index (χ1n) is 9.21. The highest BCUT2D eigenvalue weighted by Gasteiger charge is 2.22. The summed E-state index contributed by atoms with van der Waals surface area (Å²) in [7, 11) is 0. The molecule has 4 aromatic rings. The minimum atomic E-state index is -0.243. The van der Waals surface area contributed by atoms with Gasteiger partial charge in [-0.1, -0.05) is 50.2 Å². The number of aliphatic hydroxyl groups is 1. The van der Waals surface area contributed by atoms with Crippen LogP contribution >= 0.6 is 0 Å². The van der Waals surface area contributed by atoms with E-state index < -0.39 is 0 Å². The highest BCUT2D eigenvalue weighted by molar-refractivity contribution is 6.05. The third-order valence-electron chi connectivity index (χ3n) is 5.07. The molecule has 0 saturated carbocycles. The van der Waals surface area contributed by atoms with Gasteiger partial charge in [-0.25, -0.2) is 4.39 Å².